The predicted molar refractivity (Wildman–Crippen MR) is 205 cm³/mol. The average molecular weight is 749 g/mol. The van der Waals surface area contributed by atoms with E-state index in [0.717, 1.165) is 38.0 Å². The fraction of sp³-hybridized carbons (Fsp3) is 0.595. The van der Waals surface area contributed by atoms with Gasteiger partial charge in [0.25, 0.3) is 0 Å². The Morgan fingerprint density at radius 3 is 2.00 bits per heavy atom. The molecule has 0 saturated heterocycles. The standard InChI is InChI=1S/C30H36NO3.3C4H9.Sn/c1-7-10-20(11-8-2)27-25-15-13-22(29(32)34-30(3,4)5)19-26(25)31-17-9-12-21-18-23(33-6)14-16-24(21)28(27)31;3*1-3-4-2;/h12-16,18-20H,7-8,10-11,17H2,1-6H3;3*1,3-4H2,2H3;. The van der Waals surface area contributed by atoms with E-state index in [-0.39, 0.29) is 5.97 Å². The van der Waals surface area contributed by atoms with Crippen molar-refractivity contribution in [2.45, 2.75) is 151 Å². The number of benzene rings is 2. The number of esters is 1. The molecule has 4 rings (SSSR count). The van der Waals surface area contributed by atoms with Crippen molar-refractivity contribution in [1.82, 2.24) is 4.57 Å². The molecular formula is C42H63NO3Sn. The number of fused-ring (bicyclic) bond motifs is 5. The van der Waals surface area contributed by atoms with Gasteiger partial charge in [-0.1, -0.05) is 0 Å². The number of carbonyl (C=O) groups is 1. The number of ether oxygens (including phenoxy) is 2. The van der Waals surface area contributed by atoms with Crippen LogP contribution in [0, 0.1) is 0 Å². The molecule has 3 aromatic rings. The summed E-state index contributed by atoms with van der Waals surface area (Å²) in [5.41, 5.74) is 6.74. The van der Waals surface area contributed by atoms with Crippen LogP contribution in [-0.4, -0.2) is 41.6 Å². The zero-order chi connectivity index (χ0) is 34.2. The molecule has 0 spiro atoms. The molecule has 2 heterocycles. The maximum absolute atomic E-state index is 13.5. The van der Waals surface area contributed by atoms with Gasteiger partial charge in [0.05, 0.1) is 0 Å². The van der Waals surface area contributed by atoms with Gasteiger partial charge in [-0.2, -0.15) is 0 Å². The first-order chi connectivity index (χ1) is 22.6. The third-order valence-corrected chi connectivity index (χ3v) is 26.3. The Morgan fingerprint density at radius 2 is 1.47 bits per heavy atom. The molecule has 0 saturated carbocycles. The normalized spacial score (nSPS) is 13.4. The minimum atomic E-state index is -2.87. The molecule has 0 unspecified atom stereocenters. The molecule has 47 heavy (non-hydrogen) atoms. The van der Waals surface area contributed by atoms with Crippen molar-refractivity contribution in [3.05, 3.63) is 56.7 Å². The van der Waals surface area contributed by atoms with Crippen molar-refractivity contribution in [3.63, 3.8) is 0 Å². The van der Waals surface area contributed by atoms with Gasteiger partial charge in [-0.25, -0.2) is 0 Å². The molecule has 5 heteroatoms. The van der Waals surface area contributed by atoms with E-state index in [1.807, 2.05) is 26.8 Å². The summed E-state index contributed by atoms with van der Waals surface area (Å²) in [6.07, 6.45) is 15.0. The monoisotopic (exact) mass is 749 g/mol. The van der Waals surface area contributed by atoms with E-state index in [9.17, 15) is 4.79 Å². The van der Waals surface area contributed by atoms with E-state index in [1.165, 1.54) is 85.1 Å². The van der Waals surface area contributed by atoms with Crippen molar-refractivity contribution in [2.75, 3.05) is 7.11 Å². The molecule has 0 radical (unpaired) electrons. The summed E-state index contributed by atoms with van der Waals surface area (Å²) in [6.45, 7) is 18.5. The van der Waals surface area contributed by atoms with Gasteiger partial charge >= 0.3 is 292 Å². The van der Waals surface area contributed by atoms with E-state index in [2.05, 4.69) is 75.6 Å². The van der Waals surface area contributed by atoms with Gasteiger partial charge < -0.3 is 0 Å². The van der Waals surface area contributed by atoms with Crippen molar-refractivity contribution >= 4 is 41.3 Å². The van der Waals surface area contributed by atoms with Crippen LogP contribution in [0.25, 0.3) is 28.2 Å². The summed E-state index contributed by atoms with van der Waals surface area (Å²) < 4.78 is 20.4. The zero-order valence-electron chi connectivity index (χ0n) is 31.2. The summed E-state index contributed by atoms with van der Waals surface area (Å²) in [5, 5.41) is 1.30. The van der Waals surface area contributed by atoms with Crippen molar-refractivity contribution in [2.24, 2.45) is 0 Å². The summed E-state index contributed by atoms with van der Waals surface area (Å²) in [4.78, 5) is 13.5. The van der Waals surface area contributed by atoms with Gasteiger partial charge in [0.2, 0.25) is 0 Å². The minimum absolute atomic E-state index is 0.243. The molecule has 0 N–H and O–H groups in total. The molecule has 0 aliphatic carbocycles. The molecule has 258 valence electrons. The Kier molecular flexibility index (Phi) is 13.6. The molecule has 2 aromatic carbocycles. The second kappa shape index (κ2) is 16.9. The van der Waals surface area contributed by atoms with Gasteiger partial charge in [0.1, 0.15) is 0 Å². The molecule has 1 aliphatic rings. The van der Waals surface area contributed by atoms with E-state index in [1.54, 1.807) is 10.7 Å². The molecular weight excluding hydrogens is 685 g/mol. The number of hydrogen-bond donors (Lipinski definition) is 0. The number of unbranched alkanes of at least 4 members (excludes halogenated alkanes) is 3. The van der Waals surface area contributed by atoms with Crippen LogP contribution >= 0.6 is 0 Å². The molecule has 1 aromatic heterocycles. The first-order valence-corrected chi connectivity index (χ1v) is 26.3. The van der Waals surface area contributed by atoms with E-state index < -0.39 is 24.0 Å². The third kappa shape index (κ3) is 8.69. The predicted octanol–water partition coefficient (Wildman–Crippen LogP) is 12.7. The van der Waals surface area contributed by atoms with E-state index in [4.69, 9.17) is 9.47 Å². The second-order valence-corrected chi connectivity index (χ2v) is 28.5. The van der Waals surface area contributed by atoms with Crippen LogP contribution in [0.1, 0.15) is 147 Å². The fourth-order valence-electron chi connectivity index (χ4n) is 7.97. The van der Waals surface area contributed by atoms with Crippen LogP contribution in [0.4, 0.5) is 0 Å². The summed E-state index contributed by atoms with van der Waals surface area (Å²) in [5.74, 6) is 1.14. The van der Waals surface area contributed by atoms with Crippen LogP contribution in [-0.2, 0) is 11.3 Å². The van der Waals surface area contributed by atoms with E-state index in [0.29, 0.717) is 11.5 Å². The second-order valence-electron chi connectivity index (χ2n) is 15.1. The van der Waals surface area contributed by atoms with Crippen molar-refractivity contribution in [3.8, 4) is 17.0 Å². The van der Waals surface area contributed by atoms with Gasteiger partial charge in [0, 0.05) is 0 Å². The molecule has 1 aliphatic heterocycles. The number of allylic oxidation sites excluding steroid dienone is 1. The zero-order valence-corrected chi connectivity index (χ0v) is 34.0. The van der Waals surface area contributed by atoms with Crippen LogP contribution in [0.15, 0.2) is 40.0 Å². The fourth-order valence-corrected chi connectivity index (χ4v) is 24.4. The third-order valence-electron chi connectivity index (χ3n) is 10.3. The number of aromatic nitrogens is 1. The Morgan fingerprint density at radius 1 is 0.851 bits per heavy atom. The van der Waals surface area contributed by atoms with Gasteiger partial charge in [0.15, 0.2) is 0 Å². The Bertz CT molecular complexity index is 1500. The van der Waals surface area contributed by atoms with Crippen LogP contribution < -0.4 is 4.74 Å². The Hall–Kier alpha value is -2.21. The maximum atomic E-state index is 13.5. The van der Waals surface area contributed by atoms with Crippen molar-refractivity contribution in [1.29, 1.82) is 0 Å². The number of nitrogens with zero attached hydrogens (tertiary/aromatic N) is 1. The van der Waals surface area contributed by atoms with E-state index >= 15 is 0 Å². The number of hydrogen-bond acceptors (Lipinski definition) is 3. The van der Waals surface area contributed by atoms with Crippen molar-refractivity contribution < 1.29 is 14.3 Å². The number of methoxy groups -OCH3 is 1. The topological polar surface area (TPSA) is 40.5 Å². The average Bonchev–Trinajstić information content (AvgIpc) is 3.25. The quantitative estimate of drug-likeness (QED) is 0.102. The summed E-state index contributed by atoms with van der Waals surface area (Å²) >= 11 is -2.87. The Balaban J connectivity index is 2.10. The van der Waals surface area contributed by atoms with Gasteiger partial charge in [-0.3, -0.25) is 0 Å². The van der Waals surface area contributed by atoms with Gasteiger partial charge in [-0.05, 0) is 0 Å². The van der Waals surface area contributed by atoms with Gasteiger partial charge in [-0.15, -0.1) is 0 Å². The number of rotatable bonds is 17. The first kappa shape index (κ1) is 37.6. The van der Waals surface area contributed by atoms with Crippen LogP contribution in [0.2, 0.25) is 13.3 Å². The molecule has 0 atom stereocenters. The molecule has 0 amide bonds. The SMILES string of the molecule is CCC[CH2][Sn]([CH2]CCC)([CH2]CCC)[C]1=Cc2cc(OC)ccc2-c2c(C(CCC)CCC)c3ccc(C(=O)OC(C)(C)C)cc3n2C1. The number of carbonyl (C=O) groups excluding carboxylic acids is 1. The molecule has 0 fully saturated rings. The summed E-state index contributed by atoms with van der Waals surface area (Å²) in [7, 11) is 1.79. The molecule has 4 nitrogen and oxygen atoms in total. The van der Waals surface area contributed by atoms with Crippen LogP contribution in [0.3, 0.4) is 0 Å². The van der Waals surface area contributed by atoms with Crippen LogP contribution in [0.5, 0.6) is 5.75 Å². The summed E-state index contributed by atoms with van der Waals surface area (Å²) in [6, 6.07) is 13.1. The Labute approximate surface area is 290 Å². The first-order valence-electron chi connectivity index (χ1n) is 18.8. The molecule has 0 bridgehead atoms.